The van der Waals surface area contributed by atoms with Crippen molar-refractivity contribution < 1.29 is 0 Å². The molecule has 242 valence electrons. The van der Waals surface area contributed by atoms with E-state index in [2.05, 4.69) is 137 Å². The molecule has 0 N–H and O–H groups in total. The third kappa shape index (κ3) is 5.51. The minimum atomic E-state index is 0.494. The first-order valence-corrected chi connectivity index (χ1v) is 17.3. The molecule has 0 saturated carbocycles. The summed E-state index contributed by atoms with van der Waals surface area (Å²) in [4.78, 5) is 24.0. The number of hydrogen-bond donors (Lipinski definition) is 0. The molecule has 0 bridgehead atoms. The molecule has 7 aromatic carbocycles. The Morgan fingerprint density at radius 2 is 0.635 bits per heavy atom. The van der Waals surface area contributed by atoms with Crippen molar-refractivity contribution in [2.24, 2.45) is 0 Å². The minimum Gasteiger partial charge on any atom is -0.253 e. The number of fused-ring (bicyclic) bond motifs is 4. The Balaban J connectivity index is 1.19. The van der Waals surface area contributed by atoms with Crippen molar-refractivity contribution in [1.82, 2.24) is 24.9 Å². The molecule has 0 fully saturated rings. The van der Waals surface area contributed by atoms with Gasteiger partial charge in [-0.15, -0.1) is 0 Å². The Morgan fingerprint density at radius 3 is 1.08 bits per heavy atom. The lowest BCUT2D eigenvalue weighted by molar-refractivity contribution is 1.05. The predicted molar refractivity (Wildman–Crippen MR) is 213 cm³/mol. The zero-order valence-electron chi connectivity index (χ0n) is 28.0. The summed E-state index contributed by atoms with van der Waals surface area (Å²) in [5.74, 6) is 1.54. The maximum absolute atomic E-state index is 5.02. The van der Waals surface area contributed by atoms with Crippen molar-refractivity contribution in [3.63, 3.8) is 0 Å². The number of rotatable bonds is 5. The Hall–Kier alpha value is -7.11. The van der Waals surface area contributed by atoms with Crippen molar-refractivity contribution in [2.75, 3.05) is 0 Å². The zero-order valence-corrected chi connectivity index (χ0v) is 28.0. The SMILES string of the molecule is c1ccc(-c2nc(-c3cc(-c4ccc5cc6ccccc6cc5c4)cc(-c4ccc5cc6ccccc6cc5c4)c3)nc(-c3ccccn3)n2)nc1. The summed E-state index contributed by atoms with van der Waals surface area (Å²) in [5, 5.41) is 9.71. The summed E-state index contributed by atoms with van der Waals surface area (Å²) in [6, 6.07) is 57.6. The third-order valence-corrected chi connectivity index (χ3v) is 9.69. The fourth-order valence-corrected chi connectivity index (χ4v) is 7.05. The van der Waals surface area contributed by atoms with Crippen LogP contribution in [0.25, 0.3) is 99.8 Å². The van der Waals surface area contributed by atoms with E-state index in [0.717, 1.165) is 27.8 Å². The molecule has 0 saturated heterocycles. The van der Waals surface area contributed by atoms with E-state index in [9.17, 15) is 0 Å². The quantitative estimate of drug-likeness (QED) is 0.171. The van der Waals surface area contributed by atoms with Crippen LogP contribution >= 0.6 is 0 Å². The summed E-state index contributed by atoms with van der Waals surface area (Å²) in [6.07, 6.45) is 3.51. The van der Waals surface area contributed by atoms with Crippen LogP contribution in [0, 0.1) is 0 Å². The summed E-state index contributed by atoms with van der Waals surface area (Å²) < 4.78 is 0. The van der Waals surface area contributed by atoms with Crippen LogP contribution in [-0.4, -0.2) is 24.9 Å². The first-order valence-electron chi connectivity index (χ1n) is 17.3. The highest BCUT2D eigenvalue weighted by molar-refractivity contribution is 6.01. The second kappa shape index (κ2) is 12.3. The van der Waals surface area contributed by atoms with Crippen LogP contribution in [0.15, 0.2) is 176 Å². The van der Waals surface area contributed by atoms with Crippen LogP contribution < -0.4 is 0 Å². The second-order valence-electron chi connectivity index (χ2n) is 13.1. The van der Waals surface area contributed by atoms with Gasteiger partial charge in [-0.1, -0.05) is 84.9 Å². The van der Waals surface area contributed by atoms with Crippen molar-refractivity contribution in [3.05, 3.63) is 176 Å². The summed E-state index contributed by atoms with van der Waals surface area (Å²) in [7, 11) is 0. The van der Waals surface area contributed by atoms with Crippen LogP contribution in [0.2, 0.25) is 0 Å². The molecule has 52 heavy (non-hydrogen) atoms. The van der Waals surface area contributed by atoms with Crippen molar-refractivity contribution >= 4 is 43.1 Å². The molecular formula is C47H29N5. The maximum Gasteiger partial charge on any atom is 0.182 e. The number of benzene rings is 7. The van der Waals surface area contributed by atoms with E-state index >= 15 is 0 Å². The Morgan fingerprint density at radius 1 is 0.250 bits per heavy atom. The Bertz CT molecular complexity index is 2760. The highest BCUT2D eigenvalue weighted by atomic mass is 15.1. The van der Waals surface area contributed by atoms with Gasteiger partial charge in [-0.2, -0.15) is 0 Å². The first kappa shape index (κ1) is 29.8. The van der Waals surface area contributed by atoms with E-state index in [1.165, 1.54) is 43.1 Å². The molecule has 3 aromatic heterocycles. The largest absolute Gasteiger partial charge is 0.253 e. The number of pyridine rings is 2. The highest BCUT2D eigenvalue weighted by Crippen LogP contribution is 2.36. The molecule has 5 nitrogen and oxygen atoms in total. The monoisotopic (exact) mass is 663 g/mol. The van der Waals surface area contributed by atoms with Crippen LogP contribution in [0.3, 0.4) is 0 Å². The Kier molecular flexibility index (Phi) is 7.07. The van der Waals surface area contributed by atoms with Gasteiger partial charge < -0.3 is 0 Å². The van der Waals surface area contributed by atoms with Gasteiger partial charge in [-0.3, -0.25) is 9.97 Å². The van der Waals surface area contributed by atoms with Crippen LogP contribution in [-0.2, 0) is 0 Å². The Labute approximate surface area is 300 Å². The third-order valence-electron chi connectivity index (χ3n) is 9.69. The topological polar surface area (TPSA) is 64.5 Å². The fourth-order valence-electron chi connectivity index (χ4n) is 7.05. The van der Waals surface area contributed by atoms with Gasteiger partial charge in [0.15, 0.2) is 17.5 Å². The average molecular weight is 664 g/mol. The van der Waals surface area contributed by atoms with Crippen LogP contribution in [0.5, 0.6) is 0 Å². The molecule has 0 unspecified atom stereocenters. The maximum atomic E-state index is 5.02. The minimum absolute atomic E-state index is 0.494. The van der Waals surface area contributed by atoms with E-state index in [1.807, 2.05) is 36.4 Å². The summed E-state index contributed by atoms with van der Waals surface area (Å²) >= 11 is 0. The molecule has 0 aliphatic rings. The van der Waals surface area contributed by atoms with E-state index in [0.29, 0.717) is 28.9 Å². The first-order chi connectivity index (χ1) is 25.7. The lowest BCUT2D eigenvalue weighted by atomic mass is 9.93. The molecule has 0 radical (unpaired) electrons. The van der Waals surface area contributed by atoms with Gasteiger partial charge in [-0.05, 0) is 144 Å². The van der Waals surface area contributed by atoms with E-state index in [4.69, 9.17) is 15.0 Å². The molecule has 10 aromatic rings. The lowest BCUT2D eigenvalue weighted by Gasteiger charge is -2.13. The standard InChI is InChI=1S/C47H29N5/c1-3-11-32-23-38-25-36(17-15-34(38)21-30(32)9-1)40-27-41(37-18-16-35-22-31-10-2-4-12-33(31)24-39(35)26-37)29-42(28-40)45-50-46(43-13-5-7-19-48-43)52-47(51-45)44-14-6-8-20-49-44/h1-29H. The number of nitrogens with zero attached hydrogens (tertiary/aromatic N) is 5. The predicted octanol–water partition coefficient (Wildman–Crippen LogP) is 11.6. The van der Waals surface area contributed by atoms with E-state index in [-0.39, 0.29) is 0 Å². The molecule has 5 heteroatoms. The van der Waals surface area contributed by atoms with Crippen molar-refractivity contribution in [1.29, 1.82) is 0 Å². The molecule has 3 heterocycles. The molecule has 0 amide bonds. The number of hydrogen-bond acceptors (Lipinski definition) is 5. The van der Waals surface area contributed by atoms with Crippen LogP contribution in [0.4, 0.5) is 0 Å². The number of aromatic nitrogens is 5. The van der Waals surface area contributed by atoms with Crippen molar-refractivity contribution in [3.8, 4) is 56.7 Å². The fraction of sp³-hybridized carbons (Fsp3) is 0. The van der Waals surface area contributed by atoms with E-state index in [1.54, 1.807) is 12.4 Å². The molecule has 0 spiro atoms. The van der Waals surface area contributed by atoms with Crippen molar-refractivity contribution in [2.45, 2.75) is 0 Å². The average Bonchev–Trinajstić information content (AvgIpc) is 3.22. The molecule has 10 rings (SSSR count). The van der Waals surface area contributed by atoms with Gasteiger partial charge in [0.05, 0.1) is 0 Å². The smallest absolute Gasteiger partial charge is 0.182 e. The van der Waals surface area contributed by atoms with Gasteiger partial charge >= 0.3 is 0 Å². The van der Waals surface area contributed by atoms with Gasteiger partial charge in [-0.25, -0.2) is 15.0 Å². The summed E-state index contributed by atoms with van der Waals surface area (Å²) in [6.45, 7) is 0. The molecule has 0 atom stereocenters. The van der Waals surface area contributed by atoms with Gasteiger partial charge in [0, 0.05) is 18.0 Å². The molecule has 0 aliphatic carbocycles. The highest BCUT2D eigenvalue weighted by Gasteiger charge is 2.16. The second-order valence-corrected chi connectivity index (χ2v) is 13.1. The van der Waals surface area contributed by atoms with Crippen LogP contribution in [0.1, 0.15) is 0 Å². The molecular weight excluding hydrogens is 635 g/mol. The molecule has 0 aliphatic heterocycles. The lowest BCUT2D eigenvalue weighted by Crippen LogP contribution is -2.02. The van der Waals surface area contributed by atoms with Gasteiger partial charge in [0.2, 0.25) is 0 Å². The normalized spacial score (nSPS) is 11.5. The summed E-state index contributed by atoms with van der Waals surface area (Å²) in [5.41, 5.74) is 6.58. The van der Waals surface area contributed by atoms with Gasteiger partial charge in [0.1, 0.15) is 11.4 Å². The van der Waals surface area contributed by atoms with E-state index < -0.39 is 0 Å². The van der Waals surface area contributed by atoms with Gasteiger partial charge in [0.25, 0.3) is 0 Å². The zero-order chi connectivity index (χ0) is 34.4.